The Morgan fingerprint density at radius 1 is 1.27 bits per heavy atom. The Labute approximate surface area is 171 Å². The number of carbonyl (C=O) groups excluding carboxylic acids is 3. The summed E-state index contributed by atoms with van der Waals surface area (Å²) in [6, 6.07) is 1.30. The van der Waals surface area contributed by atoms with Crippen LogP contribution in [0.2, 0.25) is 0 Å². The maximum atomic E-state index is 13.0. The van der Waals surface area contributed by atoms with E-state index in [1.54, 1.807) is 20.8 Å². The maximum absolute atomic E-state index is 13.0. The standard InChI is InChI=1S/C20H23F3N2O5/c1-19(2,3)30-18(28)25-13(17(27)29-4)9-12-11(15(12)16(25)26)7-10-5-6-24-14(8-10)20(21,22)23/h5-6,8,11-13,15H,7,9H2,1-4H3. The quantitative estimate of drug-likeness (QED) is 0.688. The minimum atomic E-state index is -4.56. The second-order valence-electron chi connectivity index (χ2n) is 8.57. The number of esters is 1. The number of alkyl halides is 3. The van der Waals surface area contributed by atoms with Crippen LogP contribution in [0, 0.1) is 17.8 Å². The summed E-state index contributed by atoms with van der Waals surface area (Å²) in [6.45, 7) is 4.91. The first-order valence-electron chi connectivity index (χ1n) is 9.49. The van der Waals surface area contributed by atoms with Crippen molar-refractivity contribution < 1.29 is 37.0 Å². The second-order valence-corrected chi connectivity index (χ2v) is 8.57. The third-order valence-electron chi connectivity index (χ3n) is 5.31. The number of halogens is 3. The van der Waals surface area contributed by atoms with Crippen LogP contribution in [-0.2, 0) is 31.7 Å². The van der Waals surface area contributed by atoms with Gasteiger partial charge in [0.15, 0.2) is 0 Å². The predicted molar refractivity (Wildman–Crippen MR) is 96.9 cm³/mol. The van der Waals surface area contributed by atoms with Gasteiger partial charge in [-0.1, -0.05) is 0 Å². The van der Waals surface area contributed by atoms with Crippen LogP contribution < -0.4 is 0 Å². The van der Waals surface area contributed by atoms with Gasteiger partial charge in [-0.3, -0.25) is 9.78 Å². The average Bonchev–Trinajstić information content (AvgIpc) is 3.31. The first-order chi connectivity index (χ1) is 13.8. The number of fused-ring (bicyclic) bond motifs is 1. The van der Waals surface area contributed by atoms with Crippen LogP contribution in [0.25, 0.3) is 0 Å². The van der Waals surface area contributed by atoms with Gasteiger partial charge in [0.1, 0.15) is 17.3 Å². The third-order valence-corrected chi connectivity index (χ3v) is 5.31. The Morgan fingerprint density at radius 2 is 1.93 bits per heavy atom. The van der Waals surface area contributed by atoms with Gasteiger partial charge < -0.3 is 9.47 Å². The first-order valence-corrected chi connectivity index (χ1v) is 9.49. The number of imide groups is 1. The number of hydrogen-bond acceptors (Lipinski definition) is 6. The van der Waals surface area contributed by atoms with Gasteiger partial charge in [-0.05, 0) is 63.1 Å². The largest absolute Gasteiger partial charge is 0.467 e. The van der Waals surface area contributed by atoms with Crippen molar-refractivity contribution in [3.8, 4) is 0 Å². The normalized spacial score (nSPS) is 26.1. The highest BCUT2D eigenvalue weighted by atomic mass is 19.4. The highest BCUT2D eigenvalue weighted by molar-refractivity contribution is 6.00. The average molecular weight is 428 g/mol. The summed E-state index contributed by atoms with van der Waals surface area (Å²) in [5.41, 5.74) is -1.48. The Kier molecular flexibility index (Phi) is 5.55. The molecule has 0 radical (unpaired) electrons. The summed E-state index contributed by atoms with van der Waals surface area (Å²) < 4.78 is 48.7. The van der Waals surface area contributed by atoms with Gasteiger partial charge >= 0.3 is 18.2 Å². The van der Waals surface area contributed by atoms with E-state index < -0.39 is 47.4 Å². The van der Waals surface area contributed by atoms with E-state index in [-0.39, 0.29) is 24.7 Å². The number of nitrogens with zero attached hydrogens (tertiary/aromatic N) is 2. The molecule has 1 saturated heterocycles. The van der Waals surface area contributed by atoms with Crippen LogP contribution in [0.1, 0.15) is 38.4 Å². The van der Waals surface area contributed by atoms with Crippen LogP contribution in [0.3, 0.4) is 0 Å². The van der Waals surface area contributed by atoms with E-state index in [9.17, 15) is 27.6 Å². The van der Waals surface area contributed by atoms with Crippen molar-refractivity contribution in [2.24, 2.45) is 17.8 Å². The number of hydrogen-bond donors (Lipinski definition) is 0. The molecule has 2 heterocycles. The van der Waals surface area contributed by atoms with E-state index in [0.717, 1.165) is 24.3 Å². The maximum Gasteiger partial charge on any atom is 0.433 e. The molecule has 0 bridgehead atoms. The Bertz CT molecular complexity index is 865. The molecule has 164 valence electrons. The molecule has 7 nitrogen and oxygen atoms in total. The number of piperidine rings is 1. The number of methoxy groups -OCH3 is 1. The lowest BCUT2D eigenvalue weighted by Crippen LogP contribution is -2.53. The topological polar surface area (TPSA) is 85.8 Å². The fraction of sp³-hybridized carbons (Fsp3) is 0.600. The van der Waals surface area contributed by atoms with Gasteiger partial charge in [0.05, 0.1) is 7.11 Å². The molecule has 1 aromatic rings. The van der Waals surface area contributed by atoms with Crippen LogP contribution in [0.4, 0.5) is 18.0 Å². The number of aromatic nitrogens is 1. The zero-order valence-electron chi connectivity index (χ0n) is 17.0. The smallest absolute Gasteiger partial charge is 0.433 e. The lowest BCUT2D eigenvalue weighted by Gasteiger charge is -2.33. The van der Waals surface area contributed by atoms with E-state index in [2.05, 4.69) is 4.98 Å². The summed E-state index contributed by atoms with van der Waals surface area (Å²) in [4.78, 5) is 41.9. The summed E-state index contributed by atoms with van der Waals surface area (Å²) in [5.74, 6) is -2.35. The van der Waals surface area contributed by atoms with E-state index in [4.69, 9.17) is 9.47 Å². The fourth-order valence-corrected chi connectivity index (χ4v) is 3.98. The molecule has 3 rings (SSSR count). The van der Waals surface area contributed by atoms with Crippen LogP contribution in [-0.4, -0.2) is 46.6 Å². The molecule has 0 spiro atoms. The van der Waals surface area contributed by atoms with Crippen LogP contribution >= 0.6 is 0 Å². The van der Waals surface area contributed by atoms with Crippen LogP contribution in [0.15, 0.2) is 18.3 Å². The van der Waals surface area contributed by atoms with Crippen molar-refractivity contribution in [3.63, 3.8) is 0 Å². The van der Waals surface area contributed by atoms with Gasteiger partial charge in [0, 0.05) is 12.1 Å². The molecule has 1 aliphatic heterocycles. The number of amides is 2. The predicted octanol–water partition coefficient (Wildman–Crippen LogP) is 3.21. The molecule has 2 aliphatic rings. The van der Waals surface area contributed by atoms with Crippen molar-refractivity contribution in [3.05, 3.63) is 29.6 Å². The second kappa shape index (κ2) is 7.55. The van der Waals surface area contributed by atoms with E-state index >= 15 is 0 Å². The highest BCUT2D eigenvalue weighted by Crippen LogP contribution is 2.55. The van der Waals surface area contributed by atoms with E-state index in [0.29, 0.717) is 5.56 Å². The van der Waals surface area contributed by atoms with Gasteiger partial charge in [-0.25, -0.2) is 14.5 Å². The van der Waals surface area contributed by atoms with E-state index in [1.165, 1.54) is 6.07 Å². The minimum Gasteiger partial charge on any atom is -0.467 e. The Balaban J connectivity index is 1.80. The summed E-state index contributed by atoms with van der Waals surface area (Å²) in [6.07, 6.45) is -4.02. The summed E-state index contributed by atoms with van der Waals surface area (Å²) >= 11 is 0. The van der Waals surface area contributed by atoms with Crippen molar-refractivity contribution in [1.82, 2.24) is 9.88 Å². The molecule has 0 aromatic carbocycles. The first kappa shape index (κ1) is 22.0. The molecule has 1 aliphatic carbocycles. The molecule has 1 saturated carbocycles. The molecule has 0 N–H and O–H groups in total. The number of rotatable bonds is 3. The summed E-state index contributed by atoms with van der Waals surface area (Å²) in [7, 11) is 1.16. The minimum absolute atomic E-state index is 0.185. The van der Waals surface area contributed by atoms with Crippen molar-refractivity contribution in [1.29, 1.82) is 0 Å². The fourth-order valence-electron chi connectivity index (χ4n) is 3.98. The van der Waals surface area contributed by atoms with Crippen molar-refractivity contribution >= 4 is 18.0 Å². The molecular weight excluding hydrogens is 405 g/mol. The van der Waals surface area contributed by atoms with Crippen LogP contribution in [0.5, 0.6) is 0 Å². The van der Waals surface area contributed by atoms with Gasteiger partial charge in [-0.2, -0.15) is 13.2 Å². The van der Waals surface area contributed by atoms with Crippen molar-refractivity contribution in [2.45, 2.75) is 51.4 Å². The molecule has 2 fully saturated rings. The van der Waals surface area contributed by atoms with Gasteiger partial charge in [0.2, 0.25) is 5.91 Å². The molecule has 2 amide bonds. The molecule has 1 aromatic heterocycles. The molecule has 4 unspecified atom stereocenters. The molecular formula is C20H23F3N2O5. The number of carbonyl (C=O) groups is 3. The Morgan fingerprint density at radius 3 is 2.50 bits per heavy atom. The van der Waals surface area contributed by atoms with Crippen molar-refractivity contribution in [2.75, 3.05) is 7.11 Å². The third kappa shape index (κ3) is 4.41. The zero-order chi connectivity index (χ0) is 22.4. The SMILES string of the molecule is COC(=O)C1CC2C(Cc3ccnc(C(F)(F)F)c3)C2C(=O)N1C(=O)OC(C)(C)C. The van der Waals surface area contributed by atoms with E-state index in [1.807, 2.05) is 0 Å². The number of pyridine rings is 1. The molecule has 30 heavy (non-hydrogen) atoms. The number of ether oxygens (including phenoxy) is 2. The number of likely N-dealkylation sites (tertiary alicyclic amines) is 1. The van der Waals surface area contributed by atoms with Gasteiger partial charge in [0.25, 0.3) is 0 Å². The summed E-state index contributed by atoms with van der Waals surface area (Å²) in [5, 5.41) is 0. The monoisotopic (exact) mass is 428 g/mol. The lowest BCUT2D eigenvalue weighted by atomic mass is 10.0. The highest BCUT2D eigenvalue weighted by Gasteiger charge is 2.63. The Hall–Kier alpha value is -2.65. The lowest BCUT2D eigenvalue weighted by molar-refractivity contribution is -0.155. The molecule has 4 atom stereocenters. The molecule has 10 heteroatoms. The zero-order valence-corrected chi connectivity index (χ0v) is 17.0. The van der Waals surface area contributed by atoms with Gasteiger partial charge in [-0.15, -0.1) is 0 Å².